The van der Waals surface area contributed by atoms with Crippen molar-refractivity contribution in [2.45, 2.75) is 20.8 Å². The van der Waals surface area contributed by atoms with E-state index < -0.39 is 0 Å². The average Bonchev–Trinajstić information content (AvgIpc) is 3.05. The summed E-state index contributed by atoms with van der Waals surface area (Å²) in [5, 5.41) is 0.882. The molecule has 5 nitrogen and oxygen atoms in total. The predicted octanol–water partition coefficient (Wildman–Crippen LogP) is 4.49. The van der Waals surface area contributed by atoms with Crippen LogP contribution in [0.5, 0.6) is 0 Å². The zero-order chi connectivity index (χ0) is 18.3. The van der Waals surface area contributed by atoms with Gasteiger partial charge in [0.25, 0.3) is 0 Å². The molecule has 0 unspecified atom stereocenters. The molecule has 0 spiro atoms. The van der Waals surface area contributed by atoms with E-state index in [0.29, 0.717) is 17.0 Å². The van der Waals surface area contributed by atoms with Crippen molar-refractivity contribution in [3.63, 3.8) is 0 Å². The fourth-order valence-electron chi connectivity index (χ4n) is 3.30. The Morgan fingerprint density at radius 3 is 2.65 bits per heavy atom. The van der Waals surface area contributed by atoms with Crippen LogP contribution in [-0.2, 0) is 0 Å². The number of rotatable bonds is 4. The first-order valence-corrected chi connectivity index (χ1v) is 8.88. The summed E-state index contributed by atoms with van der Waals surface area (Å²) in [5.74, 6) is 0.536. The van der Waals surface area contributed by atoms with Gasteiger partial charge < -0.3 is 14.3 Å². The molecule has 0 saturated carbocycles. The number of aromatic nitrogens is 2. The van der Waals surface area contributed by atoms with Crippen molar-refractivity contribution >= 4 is 27.7 Å². The molecule has 0 fully saturated rings. The largest absolute Gasteiger partial charge is 0.422 e. The van der Waals surface area contributed by atoms with Crippen molar-refractivity contribution in [2.24, 2.45) is 0 Å². The van der Waals surface area contributed by atoms with E-state index in [-0.39, 0.29) is 5.63 Å². The molecule has 4 aromatic rings. The van der Waals surface area contributed by atoms with E-state index in [0.717, 1.165) is 40.8 Å². The molecule has 0 amide bonds. The van der Waals surface area contributed by atoms with E-state index >= 15 is 0 Å². The second-order valence-electron chi connectivity index (χ2n) is 6.45. The molecule has 5 heteroatoms. The summed E-state index contributed by atoms with van der Waals surface area (Å²) in [6, 6.07) is 13.8. The summed E-state index contributed by atoms with van der Waals surface area (Å²) < 4.78 is 5.60. The van der Waals surface area contributed by atoms with Crippen LogP contribution < -0.4 is 10.5 Å². The number of H-pyrrole nitrogens is 1. The predicted molar refractivity (Wildman–Crippen MR) is 106 cm³/mol. The van der Waals surface area contributed by atoms with Gasteiger partial charge in [-0.05, 0) is 56.7 Å². The SMILES string of the molecule is CCN(CC)c1ccc2cc(-c3nc4ccc(C)cc4[nH]3)c(=O)oc2c1. The second kappa shape index (κ2) is 6.33. The normalized spacial score (nSPS) is 11.3. The standard InChI is InChI=1S/C21H21N3O2/c1-4-24(5-2)15-8-7-14-11-16(21(25)26-19(14)12-15)20-22-17-9-6-13(3)10-18(17)23-20/h6-12H,4-5H2,1-3H3,(H,22,23). The fraction of sp³-hybridized carbons (Fsp3) is 0.238. The van der Waals surface area contributed by atoms with Gasteiger partial charge >= 0.3 is 5.63 Å². The van der Waals surface area contributed by atoms with Crippen LogP contribution in [-0.4, -0.2) is 23.1 Å². The zero-order valence-electron chi connectivity index (χ0n) is 15.2. The van der Waals surface area contributed by atoms with Crippen LogP contribution in [0.2, 0.25) is 0 Å². The topological polar surface area (TPSA) is 62.1 Å². The molecular formula is C21H21N3O2. The van der Waals surface area contributed by atoms with Crippen molar-refractivity contribution < 1.29 is 4.42 Å². The third-order valence-corrected chi connectivity index (χ3v) is 4.74. The minimum absolute atomic E-state index is 0.384. The first-order chi connectivity index (χ1) is 12.6. The number of imidazole rings is 1. The Morgan fingerprint density at radius 2 is 1.88 bits per heavy atom. The number of nitrogens with one attached hydrogen (secondary N) is 1. The molecule has 0 aliphatic carbocycles. The van der Waals surface area contributed by atoms with E-state index in [4.69, 9.17) is 4.42 Å². The Bertz CT molecular complexity index is 1150. The molecule has 0 bridgehead atoms. The summed E-state index contributed by atoms with van der Waals surface area (Å²) in [6.45, 7) is 8.05. The van der Waals surface area contributed by atoms with E-state index in [1.807, 2.05) is 43.3 Å². The smallest absolute Gasteiger partial charge is 0.347 e. The number of aryl methyl sites for hydroxylation is 1. The quantitative estimate of drug-likeness (QED) is 0.553. The Balaban J connectivity index is 1.84. The van der Waals surface area contributed by atoms with Crippen molar-refractivity contribution in [2.75, 3.05) is 18.0 Å². The highest BCUT2D eigenvalue weighted by molar-refractivity contribution is 5.85. The van der Waals surface area contributed by atoms with Crippen molar-refractivity contribution in [3.8, 4) is 11.4 Å². The number of benzene rings is 2. The van der Waals surface area contributed by atoms with Crippen LogP contribution in [0.4, 0.5) is 5.69 Å². The van der Waals surface area contributed by atoms with E-state index in [2.05, 4.69) is 34.8 Å². The maximum atomic E-state index is 12.6. The third kappa shape index (κ3) is 2.75. The Labute approximate surface area is 151 Å². The lowest BCUT2D eigenvalue weighted by atomic mass is 10.1. The number of hydrogen-bond acceptors (Lipinski definition) is 4. The molecule has 0 aliphatic heterocycles. The molecular weight excluding hydrogens is 326 g/mol. The number of aromatic amines is 1. The summed E-state index contributed by atoms with van der Waals surface area (Å²) in [5.41, 5.74) is 4.60. The second-order valence-corrected chi connectivity index (χ2v) is 6.45. The molecule has 2 aromatic carbocycles. The highest BCUT2D eigenvalue weighted by Crippen LogP contribution is 2.25. The van der Waals surface area contributed by atoms with Gasteiger partial charge in [0.1, 0.15) is 17.0 Å². The van der Waals surface area contributed by atoms with Gasteiger partial charge in [0.2, 0.25) is 0 Å². The van der Waals surface area contributed by atoms with Gasteiger partial charge in [0.15, 0.2) is 0 Å². The van der Waals surface area contributed by atoms with Crippen molar-refractivity contribution in [1.82, 2.24) is 9.97 Å². The fourth-order valence-corrected chi connectivity index (χ4v) is 3.30. The lowest BCUT2D eigenvalue weighted by molar-refractivity contribution is 0.563. The van der Waals surface area contributed by atoms with E-state index in [1.54, 1.807) is 0 Å². The minimum atomic E-state index is -0.384. The monoisotopic (exact) mass is 347 g/mol. The summed E-state index contributed by atoms with van der Waals surface area (Å²) >= 11 is 0. The molecule has 2 heterocycles. The van der Waals surface area contributed by atoms with Crippen LogP contribution in [0.25, 0.3) is 33.4 Å². The molecule has 2 aromatic heterocycles. The molecule has 0 atom stereocenters. The van der Waals surface area contributed by atoms with Gasteiger partial charge in [0, 0.05) is 30.2 Å². The molecule has 132 valence electrons. The van der Waals surface area contributed by atoms with Gasteiger partial charge in [-0.1, -0.05) is 6.07 Å². The molecule has 4 rings (SSSR count). The zero-order valence-corrected chi connectivity index (χ0v) is 15.2. The Hall–Kier alpha value is -3.08. The van der Waals surface area contributed by atoms with Gasteiger partial charge in [0.05, 0.1) is 11.0 Å². The van der Waals surface area contributed by atoms with E-state index in [9.17, 15) is 4.79 Å². The molecule has 0 aliphatic rings. The molecule has 0 saturated heterocycles. The van der Waals surface area contributed by atoms with Crippen LogP contribution in [0.1, 0.15) is 19.4 Å². The van der Waals surface area contributed by atoms with Gasteiger partial charge in [-0.3, -0.25) is 0 Å². The molecule has 1 N–H and O–H groups in total. The Morgan fingerprint density at radius 1 is 1.08 bits per heavy atom. The molecule has 0 radical (unpaired) electrons. The maximum Gasteiger partial charge on any atom is 0.347 e. The number of nitrogens with zero attached hydrogens (tertiary/aromatic N) is 2. The first-order valence-electron chi connectivity index (χ1n) is 8.88. The highest BCUT2D eigenvalue weighted by atomic mass is 16.4. The van der Waals surface area contributed by atoms with E-state index in [1.165, 1.54) is 0 Å². The Kier molecular flexibility index (Phi) is 3.99. The number of hydrogen-bond donors (Lipinski definition) is 1. The van der Waals surface area contributed by atoms with Crippen molar-refractivity contribution in [1.29, 1.82) is 0 Å². The number of anilines is 1. The summed E-state index contributed by atoms with van der Waals surface area (Å²) in [6.07, 6.45) is 0. The van der Waals surface area contributed by atoms with Gasteiger partial charge in [-0.25, -0.2) is 9.78 Å². The minimum Gasteiger partial charge on any atom is -0.422 e. The van der Waals surface area contributed by atoms with Crippen LogP contribution >= 0.6 is 0 Å². The highest BCUT2D eigenvalue weighted by Gasteiger charge is 2.13. The first kappa shape index (κ1) is 16.4. The third-order valence-electron chi connectivity index (χ3n) is 4.74. The summed E-state index contributed by atoms with van der Waals surface area (Å²) in [7, 11) is 0. The molecule has 26 heavy (non-hydrogen) atoms. The lowest BCUT2D eigenvalue weighted by Crippen LogP contribution is -2.21. The van der Waals surface area contributed by atoms with Crippen LogP contribution in [0.15, 0.2) is 51.7 Å². The van der Waals surface area contributed by atoms with Crippen LogP contribution in [0.3, 0.4) is 0 Å². The van der Waals surface area contributed by atoms with Crippen LogP contribution in [0, 0.1) is 6.92 Å². The lowest BCUT2D eigenvalue weighted by Gasteiger charge is -2.20. The summed E-state index contributed by atoms with van der Waals surface area (Å²) in [4.78, 5) is 22.5. The van der Waals surface area contributed by atoms with Gasteiger partial charge in [-0.2, -0.15) is 0 Å². The number of fused-ring (bicyclic) bond motifs is 2. The van der Waals surface area contributed by atoms with Gasteiger partial charge in [-0.15, -0.1) is 0 Å². The average molecular weight is 347 g/mol. The maximum absolute atomic E-state index is 12.6. The van der Waals surface area contributed by atoms with Crippen molar-refractivity contribution in [3.05, 3.63) is 58.4 Å².